The highest BCUT2D eigenvalue weighted by Gasteiger charge is 2.13. The lowest BCUT2D eigenvalue weighted by molar-refractivity contribution is 0.100. The van der Waals surface area contributed by atoms with Gasteiger partial charge in [0.05, 0.1) is 5.56 Å². The maximum atomic E-state index is 11.4. The van der Waals surface area contributed by atoms with Crippen molar-refractivity contribution in [2.45, 2.75) is 25.7 Å². The first kappa shape index (κ1) is 13.5. The Hall–Kier alpha value is -2.49. The Balaban J connectivity index is 1.94. The van der Waals surface area contributed by atoms with Crippen LogP contribution in [0.5, 0.6) is 0 Å². The lowest BCUT2D eigenvalue weighted by Crippen LogP contribution is -2.14. The van der Waals surface area contributed by atoms with Gasteiger partial charge in [-0.3, -0.25) is 4.79 Å². The van der Waals surface area contributed by atoms with E-state index in [4.69, 9.17) is 11.5 Å². The molecule has 2 aromatic carbocycles. The van der Waals surface area contributed by atoms with Crippen LogP contribution in [-0.2, 0) is 12.8 Å². The van der Waals surface area contributed by atoms with E-state index in [-0.39, 0.29) is 0 Å². The van der Waals surface area contributed by atoms with Gasteiger partial charge >= 0.3 is 0 Å². The van der Waals surface area contributed by atoms with Crippen molar-refractivity contribution < 1.29 is 4.79 Å². The van der Waals surface area contributed by atoms with Gasteiger partial charge in [-0.2, -0.15) is 0 Å². The van der Waals surface area contributed by atoms with E-state index in [9.17, 15) is 4.79 Å². The molecule has 4 nitrogen and oxygen atoms in total. The summed E-state index contributed by atoms with van der Waals surface area (Å²) in [6.45, 7) is 0. The molecule has 3 rings (SSSR count). The molecule has 1 aliphatic rings. The molecule has 2 aromatic rings. The minimum absolute atomic E-state index is 0.352. The van der Waals surface area contributed by atoms with Gasteiger partial charge in [-0.1, -0.05) is 12.1 Å². The first-order valence-corrected chi connectivity index (χ1v) is 7.22. The summed E-state index contributed by atoms with van der Waals surface area (Å²) in [5.41, 5.74) is 16.6. The van der Waals surface area contributed by atoms with Crippen LogP contribution in [0, 0.1) is 0 Å². The number of fused-ring (bicyclic) bond motifs is 1. The van der Waals surface area contributed by atoms with E-state index in [1.165, 1.54) is 24.0 Å². The smallest absolute Gasteiger partial charge is 0.250 e. The van der Waals surface area contributed by atoms with Gasteiger partial charge in [0.2, 0.25) is 0 Å². The molecule has 0 saturated heterocycles. The standard InChI is InChI=1S/C17H19N3O/c18-15-9-8-12(10-14(15)17(19)21)20-16-7-3-5-11-4-1-2-6-13(11)16/h3,5,7-10,20H,1-2,4,6,18H2,(H2,19,21). The number of carbonyl (C=O) groups excluding carboxylic acids is 1. The van der Waals surface area contributed by atoms with Crippen LogP contribution in [0.3, 0.4) is 0 Å². The van der Waals surface area contributed by atoms with Crippen molar-refractivity contribution in [1.82, 2.24) is 0 Å². The van der Waals surface area contributed by atoms with E-state index in [0.717, 1.165) is 24.2 Å². The van der Waals surface area contributed by atoms with Crippen molar-refractivity contribution in [3.8, 4) is 0 Å². The Morgan fingerprint density at radius 3 is 2.71 bits per heavy atom. The fourth-order valence-corrected chi connectivity index (χ4v) is 2.90. The summed E-state index contributed by atoms with van der Waals surface area (Å²) in [7, 11) is 0. The SMILES string of the molecule is NC(=O)c1cc(Nc2cccc3c2CCCC3)ccc1N. The molecule has 5 N–H and O–H groups in total. The molecule has 0 heterocycles. The Labute approximate surface area is 124 Å². The first-order chi connectivity index (χ1) is 10.1. The third kappa shape index (κ3) is 2.70. The van der Waals surface area contributed by atoms with Gasteiger partial charge in [0.25, 0.3) is 5.91 Å². The molecule has 0 spiro atoms. The number of carbonyl (C=O) groups is 1. The summed E-state index contributed by atoms with van der Waals surface area (Å²) in [6.07, 6.45) is 4.71. The number of nitrogen functional groups attached to an aromatic ring is 1. The van der Waals surface area contributed by atoms with Crippen molar-refractivity contribution in [3.63, 3.8) is 0 Å². The van der Waals surface area contributed by atoms with Gasteiger partial charge in [0.1, 0.15) is 0 Å². The maximum absolute atomic E-state index is 11.4. The second kappa shape index (κ2) is 5.48. The number of anilines is 3. The number of benzene rings is 2. The summed E-state index contributed by atoms with van der Waals surface area (Å²) >= 11 is 0. The average molecular weight is 281 g/mol. The lowest BCUT2D eigenvalue weighted by atomic mass is 9.90. The normalized spacial score (nSPS) is 13.5. The molecular weight excluding hydrogens is 262 g/mol. The molecule has 0 bridgehead atoms. The molecule has 0 radical (unpaired) electrons. The molecule has 21 heavy (non-hydrogen) atoms. The molecule has 0 saturated carbocycles. The van der Waals surface area contributed by atoms with E-state index in [0.29, 0.717) is 11.3 Å². The molecule has 1 aliphatic carbocycles. The quantitative estimate of drug-likeness (QED) is 0.756. The van der Waals surface area contributed by atoms with E-state index < -0.39 is 5.91 Å². The molecule has 1 amide bonds. The van der Waals surface area contributed by atoms with E-state index in [1.54, 1.807) is 12.1 Å². The zero-order valence-corrected chi connectivity index (χ0v) is 11.9. The van der Waals surface area contributed by atoms with Crippen LogP contribution in [0.1, 0.15) is 34.3 Å². The topological polar surface area (TPSA) is 81.1 Å². The summed E-state index contributed by atoms with van der Waals surface area (Å²) in [4.78, 5) is 11.4. The highest BCUT2D eigenvalue weighted by Crippen LogP contribution is 2.30. The predicted octanol–water partition coefficient (Wildman–Crippen LogP) is 2.99. The van der Waals surface area contributed by atoms with Crippen LogP contribution in [-0.4, -0.2) is 5.91 Å². The van der Waals surface area contributed by atoms with E-state index in [1.807, 2.05) is 6.07 Å². The predicted molar refractivity (Wildman–Crippen MR) is 85.7 cm³/mol. The van der Waals surface area contributed by atoms with Crippen molar-refractivity contribution in [3.05, 3.63) is 53.1 Å². The molecular formula is C17H19N3O. The minimum Gasteiger partial charge on any atom is -0.398 e. The minimum atomic E-state index is -0.508. The molecule has 108 valence electrons. The number of aryl methyl sites for hydroxylation is 1. The van der Waals surface area contributed by atoms with Crippen LogP contribution < -0.4 is 16.8 Å². The van der Waals surface area contributed by atoms with Crippen molar-refractivity contribution in [2.75, 3.05) is 11.1 Å². The van der Waals surface area contributed by atoms with Gasteiger partial charge in [0.15, 0.2) is 0 Å². The molecule has 0 aromatic heterocycles. The third-order valence-corrected chi connectivity index (χ3v) is 3.99. The summed E-state index contributed by atoms with van der Waals surface area (Å²) in [5, 5.41) is 3.39. The zero-order valence-electron chi connectivity index (χ0n) is 11.9. The highest BCUT2D eigenvalue weighted by atomic mass is 16.1. The van der Waals surface area contributed by atoms with Crippen LogP contribution in [0.4, 0.5) is 17.1 Å². The summed E-state index contributed by atoms with van der Waals surface area (Å²) in [5.74, 6) is -0.508. The number of amides is 1. The van der Waals surface area contributed by atoms with Crippen LogP contribution in [0.25, 0.3) is 0 Å². The monoisotopic (exact) mass is 281 g/mol. The molecule has 0 unspecified atom stereocenters. The van der Waals surface area contributed by atoms with Crippen molar-refractivity contribution in [2.24, 2.45) is 5.73 Å². The molecule has 0 aliphatic heterocycles. The third-order valence-electron chi connectivity index (χ3n) is 3.99. The van der Waals surface area contributed by atoms with Gasteiger partial charge in [-0.25, -0.2) is 0 Å². The number of nitrogens with one attached hydrogen (secondary N) is 1. The Bertz CT molecular complexity index is 694. The average Bonchev–Trinajstić information content (AvgIpc) is 2.49. The summed E-state index contributed by atoms with van der Waals surface area (Å²) in [6, 6.07) is 11.6. The van der Waals surface area contributed by atoms with E-state index in [2.05, 4.69) is 23.5 Å². The second-order valence-electron chi connectivity index (χ2n) is 5.44. The fourth-order valence-electron chi connectivity index (χ4n) is 2.90. The Morgan fingerprint density at radius 1 is 1.10 bits per heavy atom. The van der Waals surface area contributed by atoms with Gasteiger partial charge < -0.3 is 16.8 Å². The van der Waals surface area contributed by atoms with Crippen molar-refractivity contribution >= 4 is 23.0 Å². The fraction of sp³-hybridized carbons (Fsp3) is 0.235. The number of hydrogen-bond donors (Lipinski definition) is 3. The van der Waals surface area contributed by atoms with Crippen LogP contribution in [0.2, 0.25) is 0 Å². The number of hydrogen-bond acceptors (Lipinski definition) is 3. The number of primary amides is 1. The summed E-state index contributed by atoms with van der Waals surface area (Å²) < 4.78 is 0. The highest BCUT2D eigenvalue weighted by molar-refractivity contribution is 5.99. The molecule has 0 atom stereocenters. The van der Waals surface area contributed by atoms with Gasteiger partial charge in [-0.15, -0.1) is 0 Å². The van der Waals surface area contributed by atoms with Crippen LogP contribution >= 0.6 is 0 Å². The first-order valence-electron chi connectivity index (χ1n) is 7.22. The second-order valence-corrected chi connectivity index (χ2v) is 5.44. The molecule has 0 fully saturated rings. The number of rotatable bonds is 3. The number of nitrogens with two attached hydrogens (primary N) is 2. The molecule has 4 heteroatoms. The van der Waals surface area contributed by atoms with Gasteiger partial charge in [0, 0.05) is 17.1 Å². The van der Waals surface area contributed by atoms with Crippen molar-refractivity contribution in [1.29, 1.82) is 0 Å². The maximum Gasteiger partial charge on any atom is 0.250 e. The lowest BCUT2D eigenvalue weighted by Gasteiger charge is -2.20. The zero-order chi connectivity index (χ0) is 14.8. The van der Waals surface area contributed by atoms with Gasteiger partial charge in [-0.05, 0) is 61.1 Å². The Kier molecular flexibility index (Phi) is 3.52. The van der Waals surface area contributed by atoms with E-state index >= 15 is 0 Å². The van der Waals surface area contributed by atoms with Crippen LogP contribution in [0.15, 0.2) is 36.4 Å². The Morgan fingerprint density at radius 2 is 1.90 bits per heavy atom. The largest absolute Gasteiger partial charge is 0.398 e.